The Balaban J connectivity index is 1.65. The molecule has 0 radical (unpaired) electrons. The van der Waals surface area contributed by atoms with Crippen LogP contribution in [0.25, 0.3) is 11.1 Å². The zero-order chi connectivity index (χ0) is 22.5. The van der Waals surface area contributed by atoms with Crippen molar-refractivity contribution in [3.63, 3.8) is 0 Å². The molecule has 5 rings (SSSR count). The monoisotopic (exact) mass is 430 g/mol. The molecule has 0 spiro atoms. The fraction of sp³-hybridized carbons (Fsp3) is 0.138. The molecule has 0 fully saturated rings. The maximum absolute atomic E-state index is 5.56. The van der Waals surface area contributed by atoms with E-state index in [9.17, 15) is 0 Å². The van der Waals surface area contributed by atoms with Crippen molar-refractivity contribution in [3.05, 3.63) is 131 Å². The molecular weight excluding hydrogens is 404 g/mol. The second kappa shape index (κ2) is 9.61. The molecule has 0 amide bonds. The molecule has 0 atom stereocenters. The molecule has 0 saturated carbocycles. The van der Waals surface area contributed by atoms with E-state index >= 15 is 0 Å². The lowest BCUT2D eigenvalue weighted by Crippen LogP contribution is -2.06. The van der Waals surface area contributed by atoms with Crippen molar-refractivity contribution in [1.82, 2.24) is 0 Å². The first kappa shape index (κ1) is 20.8. The van der Waals surface area contributed by atoms with Gasteiger partial charge in [-0.15, -0.1) is 5.11 Å². The van der Waals surface area contributed by atoms with Crippen LogP contribution in [0.1, 0.15) is 40.3 Å². The van der Waals surface area contributed by atoms with Crippen LogP contribution >= 0.6 is 0 Å². The molecule has 0 aliphatic heterocycles. The van der Waals surface area contributed by atoms with Gasteiger partial charge in [0.2, 0.25) is 0 Å². The van der Waals surface area contributed by atoms with Gasteiger partial charge in [-0.25, -0.2) is 0 Å². The number of amidine groups is 1. The molecule has 162 valence electrons. The summed E-state index contributed by atoms with van der Waals surface area (Å²) in [5.41, 5.74) is 8.24. The summed E-state index contributed by atoms with van der Waals surface area (Å²) in [6.07, 6.45) is 3.53. The minimum Gasteiger partial charge on any atom is -0.305 e. The van der Waals surface area contributed by atoms with Gasteiger partial charge in [0.25, 0.3) is 0 Å². The number of benzene rings is 4. The zero-order valence-corrected chi connectivity index (χ0v) is 18.4. The summed E-state index contributed by atoms with van der Waals surface area (Å²) >= 11 is 0. The molecule has 1 aliphatic carbocycles. The molecule has 33 heavy (non-hydrogen) atoms. The highest BCUT2D eigenvalue weighted by molar-refractivity contribution is 6.05. The lowest BCUT2D eigenvalue weighted by atomic mass is 9.95. The molecule has 0 heterocycles. The summed E-state index contributed by atoms with van der Waals surface area (Å²) in [5.74, 6) is 6.08. The van der Waals surface area contributed by atoms with Crippen LogP contribution in [0.2, 0.25) is 0 Å². The molecule has 0 unspecified atom stereocenters. The van der Waals surface area contributed by atoms with Crippen LogP contribution in [0.5, 0.6) is 0 Å². The quantitative estimate of drug-likeness (QED) is 0.124. The maximum Gasteiger partial charge on any atom is 0.180 e. The molecule has 0 bridgehead atoms. The van der Waals surface area contributed by atoms with Crippen molar-refractivity contribution in [3.8, 4) is 11.1 Å². The number of hydrogen-bond acceptors (Lipinski definition) is 2. The van der Waals surface area contributed by atoms with Crippen molar-refractivity contribution < 1.29 is 0 Å². The summed E-state index contributed by atoms with van der Waals surface area (Å²) < 4.78 is 0. The second-order valence-corrected chi connectivity index (χ2v) is 8.27. The average molecular weight is 431 g/mol. The van der Waals surface area contributed by atoms with Crippen LogP contribution < -0.4 is 5.84 Å². The molecule has 4 aromatic rings. The molecule has 2 N–H and O–H groups in total. The van der Waals surface area contributed by atoms with Gasteiger partial charge < -0.3 is 5.84 Å². The van der Waals surface area contributed by atoms with Crippen LogP contribution in [-0.4, -0.2) is 5.84 Å². The Morgan fingerprint density at radius 3 is 2.03 bits per heavy atom. The predicted molar refractivity (Wildman–Crippen MR) is 134 cm³/mol. The van der Waals surface area contributed by atoms with E-state index < -0.39 is 0 Å². The molecule has 4 nitrogen and oxygen atoms in total. The molecule has 1 aliphatic rings. The van der Waals surface area contributed by atoms with Gasteiger partial charge in [0, 0.05) is 5.56 Å². The van der Waals surface area contributed by atoms with Crippen molar-refractivity contribution in [2.75, 3.05) is 0 Å². The van der Waals surface area contributed by atoms with E-state index in [4.69, 9.17) is 10.8 Å². The lowest BCUT2D eigenvalue weighted by Gasteiger charge is -2.16. The first-order chi connectivity index (χ1) is 16.3. The standard InChI is InChI=1S/C29H26N4/c30-33-32-29(31-28(22-10-3-1-4-11-22)23-12-5-2-6-13-23)27-17-8-7-16-26(27)25-19-18-21-14-9-15-24(21)20-25/h1-8,10-13,16-20,28H,9,14-15H2,(H2,30,31,32). The van der Waals surface area contributed by atoms with E-state index in [2.05, 4.69) is 64.9 Å². The number of rotatable bonds is 5. The highest BCUT2D eigenvalue weighted by atomic mass is 15.3. The van der Waals surface area contributed by atoms with Crippen LogP contribution in [0.15, 0.2) is 118 Å². The van der Waals surface area contributed by atoms with E-state index in [1.807, 2.05) is 48.5 Å². The number of fused-ring (bicyclic) bond motifs is 1. The van der Waals surface area contributed by atoms with Gasteiger partial charge in [-0.2, -0.15) is 0 Å². The van der Waals surface area contributed by atoms with Gasteiger partial charge in [-0.3, -0.25) is 4.99 Å². The average Bonchev–Trinajstić information content (AvgIpc) is 3.36. The topological polar surface area (TPSA) is 63.1 Å². The van der Waals surface area contributed by atoms with Crippen LogP contribution in [0.3, 0.4) is 0 Å². The summed E-state index contributed by atoms with van der Waals surface area (Å²) in [6.45, 7) is 0. The predicted octanol–water partition coefficient (Wildman–Crippen LogP) is 6.70. The summed E-state index contributed by atoms with van der Waals surface area (Å²) in [7, 11) is 0. The molecule has 0 saturated heterocycles. The number of nitrogens with zero attached hydrogens (tertiary/aromatic N) is 3. The van der Waals surface area contributed by atoms with Crippen molar-refractivity contribution in [1.29, 1.82) is 0 Å². The molecule has 0 aromatic heterocycles. The molecule has 4 heteroatoms. The second-order valence-electron chi connectivity index (χ2n) is 8.27. The Kier molecular flexibility index (Phi) is 6.07. The van der Waals surface area contributed by atoms with Crippen molar-refractivity contribution in [2.24, 2.45) is 21.2 Å². The Labute approximate surface area is 194 Å². The number of hydrogen-bond donors (Lipinski definition) is 1. The normalized spacial score (nSPS) is 13.5. The molecular formula is C29H26N4. The van der Waals surface area contributed by atoms with Gasteiger partial charge in [0.15, 0.2) is 5.84 Å². The SMILES string of the molecule is NN=NC(=NC(c1ccccc1)c1ccccc1)c1ccccc1-c1ccc2c(c1)CCC2. The minimum absolute atomic E-state index is 0.221. The Morgan fingerprint density at radius 2 is 1.33 bits per heavy atom. The highest BCUT2D eigenvalue weighted by Gasteiger charge is 2.18. The van der Waals surface area contributed by atoms with Crippen LogP contribution in [0.4, 0.5) is 0 Å². The summed E-state index contributed by atoms with van der Waals surface area (Å²) in [5, 5.41) is 7.94. The third-order valence-electron chi connectivity index (χ3n) is 6.21. The maximum atomic E-state index is 5.56. The first-order valence-electron chi connectivity index (χ1n) is 11.3. The fourth-order valence-corrected chi connectivity index (χ4v) is 4.61. The number of aryl methyl sites for hydroxylation is 2. The summed E-state index contributed by atoms with van der Waals surface area (Å²) in [6, 6.07) is 35.3. The van der Waals surface area contributed by atoms with Gasteiger partial charge in [-0.05, 0) is 52.6 Å². The fourth-order valence-electron chi connectivity index (χ4n) is 4.61. The third kappa shape index (κ3) is 4.46. The van der Waals surface area contributed by atoms with E-state index in [-0.39, 0.29) is 6.04 Å². The highest BCUT2D eigenvalue weighted by Crippen LogP contribution is 2.32. The smallest absolute Gasteiger partial charge is 0.180 e. The Bertz CT molecular complexity index is 1250. The zero-order valence-electron chi connectivity index (χ0n) is 18.4. The van der Waals surface area contributed by atoms with E-state index in [1.54, 1.807) is 0 Å². The van der Waals surface area contributed by atoms with Crippen LogP contribution in [0, 0.1) is 0 Å². The van der Waals surface area contributed by atoms with E-state index in [1.165, 1.54) is 29.5 Å². The van der Waals surface area contributed by atoms with Gasteiger partial charge >= 0.3 is 0 Å². The third-order valence-corrected chi connectivity index (χ3v) is 6.21. The van der Waals surface area contributed by atoms with Gasteiger partial charge in [-0.1, -0.05) is 108 Å². The van der Waals surface area contributed by atoms with Crippen molar-refractivity contribution >= 4 is 5.84 Å². The Morgan fingerprint density at radius 1 is 0.697 bits per heavy atom. The van der Waals surface area contributed by atoms with E-state index in [0.29, 0.717) is 5.84 Å². The first-order valence-corrected chi connectivity index (χ1v) is 11.3. The summed E-state index contributed by atoms with van der Waals surface area (Å²) in [4.78, 5) is 5.11. The van der Waals surface area contributed by atoms with Gasteiger partial charge in [0.1, 0.15) is 6.04 Å². The van der Waals surface area contributed by atoms with Crippen LogP contribution in [-0.2, 0) is 12.8 Å². The minimum atomic E-state index is -0.221. The Hall–Kier alpha value is -4.05. The largest absolute Gasteiger partial charge is 0.305 e. The van der Waals surface area contributed by atoms with Crippen molar-refractivity contribution in [2.45, 2.75) is 25.3 Å². The number of nitrogens with two attached hydrogens (primary N) is 1. The number of aliphatic imine (C=N–C) groups is 1. The lowest BCUT2D eigenvalue weighted by molar-refractivity contribution is 0.866. The van der Waals surface area contributed by atoms with E-state index in [0.717, 1.165) is 28.7 Å². The van der Waals surface area contributed by atoms with Gasteiger partial charge in [0.05, 0.1) is 0 Å². The molecule has 4 aromatic carbocycles.